The first-order valence-corrected chi connectivity index (χ1v) is 6.55. The lowest BCUT2D eigenvalue weighted by Crippen LogP contribution is -2.31. The van der Waals surface area contributed by atoms with Gasteiger partial charge in [0.1, 0.15) is 5.75 Å². The van der Waals surface area contributed by atoms with E-state index in [1.165, 1.54) is 11.0 Å². The van der Waals surface area contributed by atoms with Crippen molar-refractivity contribution in [1.29, 1.82) is 5.26 Å². The molecule has 0 fully saturated rings. The van der Waals surface area contributed by atoms with Crippen molar-refractivity contribution in [1.82, 2.24) is 9.88 Å². The molecular weight excluding hydrogens is 266 g/mol. The van der Waals surface area contributed by atoms with Crippen molar-refractivity contribution < 1.29 is 9.90 Å². The molecule has 0 bridgehead atoms. The van der Waals surface area contributed by atoms with Gasteiger partial charge in [0.2, 0.25) is 0 Å². The van der Waals surface area contributed by atoms with Gasteiger partial charge in [0, 0.05) is 25.5 Å². The van der Waals surface area contributed by atoms with Crippen LogP contribution in [-0.4, -0.2) is 27.4 Å². The van der Waals surface area contributed by atoms with E-state index in [1.807, 2.05) is 12.1 Å². The first-order chi connectivity index (χ1) is 10.2. The van der Waals surface area contributed by atoms with Gasteiger partial charge in [-0.2, -0.15) is 5.26 Å². The summed E-state index contributed by atoms with van der Waals surface area (Å²) in [5.41, 5.74) is 1.11. The number of phenols is 1. The van der Waals surface area contributed by atoms with Crippen molar-refractivity contribution >= 4 is 5.91 Å². The van der Waals surface area contributed by atoms with Crippen LogP contribution in [0.1, 0.15) is 22.3 Å². The van der Waals surface area contributed by atoms with Crippen molar-refractivity contribution in [3.8, 4) is 11.8 Å². The molecule has 1 aromatic carbocycles. The standard InChI is InChI=1S/C16H15N3O2/c17-8-4-10-19(12-13-5-3-9-18-11-13)16(21)14-6-1-2-7-15(14)20/h1-3,5-7,9,11,20H,4,10,12H2. The zero-order chi connectivity index (χ0) is 15.1. The number of carbonyl (C=O) groups excluding carboxylic acids is 1. The molecule has 0 spiro atoms. The Kier molecular flexibility index (Phi) is 4.89. The number of hydrogen-bond donors (Lipinski definition) is 1. The number of para-hydroxylation sites is 1. The minimum Gasteiger partial charge on any atom is -0.507 e. The number of pyridine rings is 1. The van der Waals surface area contributed by atoms with E-state index < -0.39 is 0 Å². The van der Waals surface area contributed by atoms with Gasteiger partial charge in [-0.25, -0.2) is 0 Å². The molecule has 0 atom stereocenters. The molecule has 1 heterocycles. The van der Waals surface area contributed by atoms with Crippen LogP contribution in [-0.2, 0) is 6.54 Å². The Hall–Kier alpha value is -2.87. The minimum atomic E-state index is -0.299. The van der Waals surface area contributed by atoms with Gasteiger partial charge in [-0.3, -0.25) is 9.78 Å². The summed E-state index contributed by atoms with van der Waals surface area (Å²) in [6, 6.07) is 12.1. The molecule has 5 nitrogen and oxygen atoms in total. The van der Waals surface area contributed by atoms with E-state index in [9.17, 15) is 9.90 Å². The maximum Gasteiger partial charge on any atom is 0.257 e. The van der Waals surface area contributed by atoms with E-state index >= 15 is 0 Å². The van der Waals surface area contributed by atoms with Gasteiger partial charge in [0.15, 0.2) is 0 Å². The SMILES string of the molecule is N#CCCN(Cc1cccnc1)C(=O)c1ccccc1O. The highest BCUT2D eigenvalue weighted by molar-refractivity contribution is 5.96. The molecule has 0 aliphatic carbocycles. The normalized spacial score (nSPS) is 9.86. The molecule has 21 heavy (non-hydrogen) atoms. The van der Waals surface area contributed by atoms with Crippen LogP contribution < -0.4 is 0 Å². The van der Waals surface area contributed by atoms with Crippen LogP contribution in [0, 0.1) is 11.3 Å². The van der Waals surface area contributed by atoms with E-state index in [-0.39, 0.29) is 23.6 Å². The molecule has 0 aliphatic heterocycles. The Morgan fingerprint density at radius 3 is 2.76 bits per heavy atom. The van der Waals surface area contributed by atoms with Gasteiger partial charge in [-0.1, -0.05) is 18.2 Å². The number of hydrogen-bond acceptors (Lipinski definition) is 4. The first-order valence-electron chi connectivity index (χ1n) is 6.55. The smallest absolute Gasteiger partial charge is 0.257 e. The third kappa shape index (κ3) is 3.80. The van der Waals surface area contributed by atoms with Crippen molar-refractivity contribution in [2.45, 2.75) is 13.0 Å². The molecular formula is C16H15N3O2. The Bertz CT molecular complexity index is 650. The van der Waals surface area contributed by atoms with Gasteiger partial charge in [-0.05, 0) is 23.8 Å². The second kappa shape index (κ2) is 7.06. The molecule has 0 saturated carbocycles. The van der Waals surface area contributed by atoms with E-state index in [0.717, 1.165) is 5.56 Å². The third-order valence-electron chi connectivity index (χ3n) is 3.01. The number of aromatic nitrogens is 1. The number of nitriles is 1. The van der Waals surface area contributed by atoms with Crippen molar-refractivity contribution in [3.05, 3.63) is 59.9 Å². The summed E-state index contributed by atoms with van der Waals surface area (Å²) >= 11 is 0. The van der Waals surface area contributed by atoms with Crippen LogP contribution in [0.5, 0.6) is 5.75 Å². The summed E-state index contributed by atoms with van der Waals surface area (Å²) in [6.45, 7) is 0.654. The van der Waals surface area contributed by atoms with Gasteiger partial charge in [0.25, 0.3) is 5.91 Å². The molecule has 0 saturated heterocycles. The summed E-state index contributed by atoms with van der Waals surface area (Å²) in [6.07, 6.45) is 3.57. The number of nitrogens with zero attached hydrogens (tertiary/aromatic N) is 3. The zero-order valence-corrected chi connectivity index (χ0v) is 11.4. The lowest BCUT2D eigenvalue weighted by molar-refractivity contribution is 0.0743. The Morgan fingerprint density at radius 2 is 2.10 bits per heavy atom. The summed E-state index contributed by atoms with van der Waals surface area (Å²) in [4.78, 5) is 18.1. The summed E-state index contributed by atoms with van der Waals surface area (Å²) < 4.78 is 0. The highest BCUT2D eigenvalue weighted by atomic mass is 16.3. The number of aromatic hydroxyl groups is 1. The quantitative estimate of drug-likeness (QED) is 0.912. The second-order valence-electron chi connectivity index (χ2n) is 4.51. The largest absolute Gasteiger partial charge is 0.507 e. The molecule has 5 heteroatoms. The summed E-state index contributed by atoms with van der Waals surface area (Å²) in [5.74, 6) is -0.358. The number of amides is 1. The Labute approximate surface area is 123 Å². The van der Waals surface area contributed by atoms with Crippen LogP contribution in [0.15, 0.2) is 48.8 Å². The van der Waals surface area contributed by atoms with Gasteiger partial charge < -0.3 is 10.0 Å². The fourth-order valence-corrected chi connectivity index (χ4v) is 1.97. The van der Waals surface area contributed by atoms with E-state index in [2.05, 4.69) is 4.98 Å². The van der Waals surface area contributed by atoms with Crippen LogP contribution >= 0.6 is 0 Å². The Morgan fingerprint density at radius 1 is 1.29 bits per heavy atom. The molecule has 0 unspecified atom stereocenters. The number of benzene rings is 1. The highest BCUT2D eigenvalue weighted by Crippen LogP contribution is 2.19. The topological polar surface area (TPSA) is 77.2 Å². The van der Waals surface area contributed by atoms with Crippen molar-refractivity contribution in [2.24, 2.45) is 0 Å². The third-order valence-corrected chi connectivity index (χ3v) is 3.01. The van der Waals surface area contributed by atoms with Gasteiger partial charge in [-0.15, -0.1) is 0 Å². The molecule has 106 valence electrons. The minimum absolute atomic E-state index is 0.0596. The van der Waals surface area contributed by atoms with Crippen LogP contribution in [0.2, 0.25) is 0 Å². The summed E-state index contributed by atoms with van der Waals surface area (Å²) in [7, 11) is 0. The fraction of sp³-hybridized carbons (Fsp3) is 0.188. The van der Waals surface area contributed by atoms with E-state index in [1.54, 1.807) is 36.7 Å². The predicted octanol–water partition coefficient (Wildman–Crippen LogP) is 2.34. The molecule has 2 aromatic rings. The van der Waals surface area contributed by atoms with Gasteiger partial charge in [0.05, 0.1) is 18.1 Å². The van der Waals surface area contributed by atoms with Gasteiger partial charge >= 0.3 is 0 Å². The van der Waals surface area contributed by atoms with Crippen molar-refractivity contribution in [2.75, 3.05) is 6.54 Å². The fourth-order valence-electron chi connectivity index (χ4n) is 1.97. The molecule has 0 radical (unpaired) electrons. The van der Waals surface area contributed by atoms with E-state index in [0.29, 0.717) is 13.1 Å². The Balaban J connectivity index is 2.21. The van der Waals surface area contributed by atoms with Crippen LogP contribution in [0.3, 0.4) is 0 Å². The lowest BCUT2D eigenvalue weighted by atomic mass is 10.1. The maximum absolute atomic E-state index is 12.5. The average molecular weight is 281 g/mol. The van der Waals surface area contributed by atoms with Crippen LogP contribution in [0.4, 0.5) is 0 Å². The maximum atomic E-state index is 12.5. The monoisotopic (exact) mass is 281 g/mol. The first kappa shape index (κ1) is 14.5. The highest BCUT2D eigenvalue weighted by Gasteiger charge is 2.18. The zero-order valence-electron chi connectivity index (χ0n) is 11.4. The van der Waals surface area contributed by atoms with Crippen LogP contribution in [0.25, 0.3) is 0 Å². The molecule has 1 aromatic heterocycles. The molecule has 1 amide bonds. The molecule has 2 rings (SSSR count). The predicted molar refractivity (Wildman–Crippen MR) is 77.3 cm³/mol. The van der Waals surface area contributed by atoms with Crippen molar-refractivity contribution in [3.63, 3.8) is 0 Å². The summed E-state index contributed by atoms with van der Waals surface area (Å²) in [5, 5.41) is 18.5. The molecule has 1 N–H and O–H groups in total. The number of phenolic OH excluding ortho intramolecular Hbond substituents is 1. The number of carbonyl (C=O) groups is 1. The second-order valence-corrected chi connectivity index (χ2v) is 4.51. The lowest BCUT2D eigenvalue weighted by Gasteiger charge is -2.22. The van der Waals surface area contributed by atoms with E-state index in [4.69, 9.17) is 5.26 Å². The number of rotatable bonds is 5. The average Bonchev–Trinajstić information content (AvgIpc) is 2.52. The molecule has 0 aliphatic rings.